The number of carbonyl (C=O) groups excluding carboxylic acids is 2. The zero-order valence-corrected chi connectivity index (χ0v) is 22.2. The number of amides is 1. The highest BCUT2D eigenvalue weighted by Crippen LogP contribution is 2.37. The number of hydrogen-bond donors (Lipinski definition) is 1. The minimum atomic E-state index is -0.350. The molecule has 0 aromatic heterocycles. The van der Waals surface area contributed by atoms with Crippen molar-refractivity contribution in [2.24, 2.45) is 0 Å². The van der Waals surface area contributed by atoms with Gasteiger partial charge in [-0.3, -0.25) is 9.59 Å². The average Bonchev–Trinajstić information content (AvgIpc) is 3.17. The van der Waals surface area contributed by atoms with Crippen molar-refractivity contribution in [3.05, 3.63) is 88.2 Å². The Balaban J connectivity index is 0.000000179. The maximum atomic E-state index is 13.5. The van der Waals surface area contributed by atoms with Crippen LogP contribution in [0.3, 0.4) is 0 Å². The largest absolute Gasteiger partial charge is 0.488 e. The van der Waals surface area contributed by atoms with E-state index in [2.05, 4.69) is 33.0 Å². The molecule has 0 saturated heterocycles. The van der Waals surface area contributed by atoms with Crippen molar-refractivity contribution in [1.82, 2.24) is 0 Å². The van der Waals surface area contributed by atoms with Crippen molar-refractivity contribution < 1.29 is 23.5 Å². The molecule has 38 heavy (non-hydrogen) atoms. The second kappa shape index (κ2) is 9.75. The van der Waals surface area contributed by atoms with E-state index in [0.29, 0.717) is 16.8 Å². The first-order chi connectivity index (χ1) is 18.0. The van der Waals surface area contributed by atoms with Crippen molar-refractivity contribution in [2.45, 2.75) is 64.6 Å². The predicted octanol–water partition coefficient (Wildman–Crippen LogP) is 7.02. The fourth-order valence-electron chi connectivity index (χ4n) is 4.99. The number of rotatable bonds is 2. The summed E-state index contributed by atoms with van der Waals surface area (Å²) in [4.78, 5) is 22.8. The van der Waals surface area contributed by atoms with Gasteiger partial charge in [0.25, 0.3) is 5.91 Å². The Labute approximate surface area is 222 Å². The third kappa shape index (κ3) is 5.49. The van der Waals surface area contributed by atoms with Crippen LogP contribution < -0.4 is 14.8 Å². The molecular weight excluding hydrogens is 481 g/mol. The highest BCUT2D eigenvalue weighted by atomic mass is 19.1. The highest BCUT2D eigenvalue weighted by Gasteiger charge is 2.28. The molecule has 0 unspecified atom stereocenters. The first-order valence-electron chi connectivity index (χ1n) is 12.9. The van der Waals surface area contributed by atoms with Crippen molar-refractivity contribution >= 4 is 29.5 Å². The van der Waals surface area contributed by atoms with Gasteiger partial charge in [-0.15, -0.1) is 0 Å². The fraction of sp³-hybridized carbons (Fsp3) is 0.312. The monoisotopic (exact) mass is 513 g/mol. The van der Waals surface area contributed by atoms with Gasteiger partial charge in [0.1, 0.15) is 34.8 Å². The van der Waals surface area contributed by atoms with Gasteiger partial charge in [0.15, 0.2) is 0 Å². The van der Waals surface area contributed by atoms with Gasteiger partial charge in [-0.25, -0.2) is 4.39 Å². The summed E-state index contributed by atoms with van der Waals surface area (Å²) in [6, 6.07) is 15.8. The Bertz CT molecular complexity index is 1450. The van der Waals surface area contributed by atoms with Crippen molar-refractivity contribution in [3.8, 4) is 11.5 Å². The Kier molecular flexibility index (Phi) is 6.59. The van der Waals surface area contributed by atoms with Crippen molar-refractivity contribution in [3.63, 3.8) is 0 Å². The molecule has 0 bridgehead atoms. The van der Waals surface area contributed by atoms with E-state index in [-0.39, 0.29) is 22.9 Å². The lowest BCUT2D eigenvalue weighted by Gasteiger charge is -2.32. The minimum absolute atomic E-state index is 0.0737. The van der Waals surface area contributed by atoms with E-state index in [9.17, 15) is 14.0 Å². The lowest BCUT2D eigenvalue weighted by molar-refractivity contribution is -0.110. The van der Waals surface area contributed by atoms with Crippen LogP contribution in [-0.4, -0.2) is 23.4 Å². The van der Waals surface area contributed by atoms with Crippen LogP contribution in [0, 0.1) is 5.82 Å². The van der Waals surface area contributed by atoms with Crippen molar-refractivity contribution in [2.75, 3.05) is 5.32 Å². The molecule has 1 amide bonds. The second-order valence-electron chi connectivity index (χ2n) is 11.3. The number of nitrogens with one attached hydrogen (secondary N) is 1. The maximum absolute atomic E-state index is 13.5. The number of ether oxygens (including phenoxy) is 2. The molecular formula is C32H32FNO4. The molecule has 0 fully saturated rings. The molecule has 3 aromatic rings. The normalized spacial score (nSPS) is 19.0. The Morgan fingerprint density at radius 2 is 1.39 bits per heavy atom. The molecule has 1 N–H and O–H groups in total. The predicted molar refractivity (Wildman–Crippen MR) is 147 cm³/mol. The fourth-order valence-corrected chi connectivity index (χ4v) is 4.99. The Morgan fingerprint density at radius 3 is 2.00 bits per heavy atom. The zero-order valence-electron chi connectivity index (χ0n) is 22.2. The maximum Gasteiger partial charge on any atom is 0.256 e. The summed E-state index contributed by atoms with van der Waals surface area (Å²) in [5.41, 5.74) is 5.46. The molecule has 3 aliphatic heterocycles. The summed E-state index contributed by atoms with van der Waals surface area (Å²) in [6.07, 6.45) is 6.57. The van der Waals surface area contributed by atoms with Crippen LogP contribution in [0.5, 0.6) is 11.5 Å². The lowest BCUT2D eigenvalue weighted by atomic mass is 9.93. The van der Waals surface area contributed by atoms with Gasteiger partial charge in [-0.05, 0) is 125 Å². The SMILES string of the molecule is CC1(C)CCc2cc(C=C3C(=O)Nc4ccc(F)cc43)ccc2O1.CC1(C)CCc2cc(C=O)ccc2O1. The molecule has 5 nitrogen and oxygen atoms in total. The van der Waals surface area contributed by atoms with Crippen LogP contribution in [0.25, 0.3) is 11.6 Å². The number of anilines is 1. The number of fused-ring (bicyclic) bond motifs is 3. The highest BCUT2D eigenvalue weighted by molar-refractivity contribution is 6.34. The molecule has 3 heterocycles. The molecule has 0 spiro atoms. The van der Waals surface area contributed by atoms with Gasteiger partial charge < -0.3 is 14.8 Å². The first-order valence-corrected chi connectivity index (χ1v) is 12.9. The van der Waals surface area contributed by atoms with Crippen LogP contribution in [0.1, 0.15) is 73.1 Å². The molecule has 3 aromatic carbocycles. The smallest absolute Gasteiger partial charge is 0.256 e. The van der Waals surface area contributed by atoms with Gasteiger partial charge in [0.05, 0.1) is 0 Å². The van der Waals surface area contributed by atoms with E-state index in [1.165, 1.54) is 12.1 Å². The van der Waals surface area contributed by atoms with E-state index in [1.807, 2.05) is 30.3 Å². The van der Waals surface area contributed by atoms with Crippen molar-refractivity contribution in [1.29, 1.82) is 0 Å². The average molecular weight is 514 g/mol. The van der Waals surface area contributed by atoms with Gasteiger partial charge >= 0.3 is 0 Å². The molecule has 3 aliphatic rings. The van der Waals surface area contributed by atoms with E-state index in [1.54, 1.807) is 18.2 Å². The van der Waals surface area contributed by atoms with Crippen LogP contribution in [0.2, 0.25) is 0 Å². The summed E-state index contributed by atoms with van der Waals surface area (Å²) >= 11 is 0. The standard InChI is InChI=1S/C20H18FNO2.C12H14O2/c1-20(2)8-7-13-9-12(3-6-18(13)24-20)10-16-15-11-14(21)4-5-17(15)22-19(16)23;1-12(2)6-5-10-7-9(8-13)3-4-11(10)14-12/h3-6,9-11H,7-8H2,1-2H3,(H,22,23);3-4,7-8H,5-6H2,1-2H3. The Morgan fingerprint density at radius 1 is 0.816 bits per heavy atom. The van der Waals surface area contributed by atoms with Crippen LogP contribution in [-0.2, 0) is 17.6 Å². The number of carbonyl (C=O) groups is 2. The summed E-state index contributed by atoms with van der Waals surface area (Å²) in [5.74, 6) is 1.27. The van der Waals surface area contributed by atoms with Crippen LogP contribution in [0.4, 0.5) is 10.1 Å². The summed E-state index contributed by atoms with van der Waals surface area (Å²) in [7, 11) is 0. The summed E-state index contributed by atoms with van der Waals surface area (Å²) in [5, 5.41) is 2.77. The molecule has 0 aliphatic carbocycles. The van der Waals surface area contributed by atoms with E-state index < -0.39 is 0 Å². The minimum Gasteiger partial charge on any atom is -0.488 e. The first kappa shape index (κ1) is 25.7. The van der Waals surface area contributed by atoms with Crippen LogP contribution in [0.15, 0.2) is 54.6 Å². The molecule has 0 atom stereocenters. The molecule has 6 rings (SSSR count). The van der Waals surface area contributed by atoms with E-state index >= 15 is 0 Å². The van der Waals surface area contributed by atoms with Gasteiger partial charge in [0, 0.05) is 22.4 Å². The molecule has 6 heteroatoms. The van der Waals surface area contributed by atoms with Gasteiger partial charge in [-0.1, -0.05) is 6.07 Å². The van der Waals surface area contributed by atoms with E-state index in [0.717, 1.165) is 65.7 Å². The molecule has 196 valence electrons. The second-order valence-corrected chi connectivity index (χ2v) is 11.3. The van der Waals surface area contributed by atoms with Gasteiger partial charge in [0.2, 0.25) is 0 Å². The zero-order chi connectivity index (χ0) is 27.1. The van der Waals surface area contributed by atoms with E-state index in [4.69, 9.17) is 9.47 Å². The van der Waals surface area contributed by atoms with Gasteiger partial charge in [-0.2, -0.15) is 0 Å². The number of benzene rings is 3. The number of halogens is 1. The number of aldehydes is 1. The number of hydrogen-bond acceptors (Lipinski definition) is 4. The summed E-state index contributed by atoms with van der Waals surface area (Å²) in [6.45, 7) is 8.34. The third-order valence-electron chi connectivity index (χ3n) is 7.15. The molecule has 0 radical (unpaired) electrons. The number of aryl methyl sites for hydroxylation is 2. The Hall–Kier alpha value is -3.93. The third-order valence-corrected chi connectivity index (χ3v) is 7.15. The topological polar surface area (TPSA) is 64.6 Å². The quantitative estimate of drug-likeness (QED) is 0.295. The summed E-state index contributed by atoms with van der Waals surface area (Å²) < 4.78 is 25.3. The van der Waals surface area contributed by atoms with Crippen LogP contribution >= 0.6 is 0 Å². The molecule has 0 saturated carbocycles. The lowest BCUT2D eigenvalue weighted by Crippen LogP contribution is -2.32.